The van der Waals surface area contributed by atoms with E-state index in [-0.39, 0.29) is 0 Å². The molecular weight excluding hydrogens is 392 g/mol. The number of anilines is 1. The van der Waals surface area contributed by atoms with E-state index >= 15 is 0 Å². The van der Waals surface area contributed by atoms with E-state index in [0.29, 0.717) is 6.54 Å². The van der Waals surface area contributed by atoms with Crippen molar-refractivity contribution in [3.8, 4) is 11.3 Å². The maximum atomic E-state index is 5.45. The number of nitrogens with zero attached hydrogens (tertiary/aromatic N) is 3. The number of benzene rings is 1. The number of hydrogen-bond acceptors (Lipinski definition) is 6. The van der Waals surface area contributed by atoms with Gasteiger partial charge in [-0.05, 0) is 48.9 Å². The van der Waals surface area contributed by atoms with Crippen LogP contribution in [0.5, 0.6) is 0 Å². The molecule has 0 saturated heterocycles. The van der Waals surface area contributed by atoms with Crippen LogP contribution in [0.2, 0.25) is 0 Å². The van der Waals surface area contributed by atoms with Crippen molar-refractivity contribution in [1.82, 2.24) is 15.0 Å². The molecule has 5 nitrogen and oxygen atoms in total. The Bertz CT molecular complexity index is 1340. The molecule has 1 aliphatic rings. The highest BCUT2D eigenvalue weighted by molar-refractivity contribution is 7.26. The fourth-order valence-electron chi connectivity index (χ4n) is 4.40. The molecule has 0 fully saturated rings. The molecule has 4 heterocycles. The molecule has 0 atom stereocenters. The van der Waals surface area contributed by atoms with E-state index in [1.807, 2.05) is 12.1 Å². The van der Waals surface area contributed by atoms with Crippen molar-refractivity contribution in [1.29, 1.82) is 0 Å². The average Bonchev–Trinajstić information content (AvgIpc) is 3.45. The zero-order chi connectivity index (χ0) is 19.9. The smallest absolute Gasteiger partial charge is 0.147 e. The second kappa shape index (κ2) is 7.22. The van der Waals surface area contributed by atoms with Crippen LogP contribution in [0.25, 0.3) is 31.7 Å². The van der Waals surface area contributed by atoms with Crippen LogP contribution in [0.4, 0.5) is 5.82 Å². The lowest BCUT2D eigenvalue weighted by Gasteiger charge is -2.20. The van der Waals surface area contributed by atoms with Gasteiger partial charge in [0.1, 0.15) is 22.7 Å². The Hall–Kier alpha value is -3.25. The van der Waals surface area contributed by atoms with Crippen LogP contribution < -0.4 is 5.32 Å². The molecule has 4 aromatic heterocycles. The topological polar surface area (TPSA) is 63.8 Å². The van der Waals surface area contributed by atoms with Gasteiger partial charge in [0.25, 0.3) is 0 Å². The summed E-state index contributed by atoms with van der Waals surface area (Å²) in [6.45, 7) is 0.591. The van der Waals surface area contributed by atoms with Crippen molar-refractivity contribution in [2.45, 2.75) is 32.2 Å². The first kappa shape index (κ1) is 17.6. The zero-order valence-corrected chi connectivity index (χ0v) is 17.2. The summed E-state index contributed by atoms with van der Waals surface area (Å²) in [5.74, 6) is 1.72. The van der Waals surface area contributed by atoms with Gasteiger partial charge in [-0.2, -0.15) is 0 Å². The molecule has 6 rings (SSSR count). The van der Waals surface area contributed by atoms with Crippen molar-refractivity contribution in [2.24, 2.45) is 0 Å². The predicted octanol–water partition coefficient (Wildman–Crippen LogP) is 5.99. The Balaban J connectivity index is 1.55. The standard InChI is InChI=1S/C24H20N4OS/c1-2-7-15(8-3-1)20-18-11-5-4-10-17(18)19-21-22(30-24(19)28-20)23(27-14-26-21)25-13-16-9-6-12-29-16/h1-3,6-9,12,14H,4-5,10-11,13H2,(H,25,26,27). The van der Waals surface area contributed by atoms with E-state index in [2.05, 4.69) is 45.6 Å². The van der Waals surface area contributed by atoms with E-state index in [1.165, 1.54) is 34.9 Å². The summed E-state index contributed by atoms with van der Waals surface area (Å²) in [5, 5.41) is 4.63. The van der Waals surface area contributed by atoms with Crippen molar-refractivity contribution in [3.63, 3.8) is 0 Å². The third-order valence-corrected chi connectivity index (χ3v) is 6.86. The van der Waals surface area contributed by atoms with Crippen LogP contribution in [0, 0.1) is 0 Å². The molecule has 0 amide bonds. The molecule has 0 radical (unpaired) electrons. The summed E-state index contributed by atoms with van der Waals surface area (Å²) in [6, 6.07) is 14.4. The first-order valence-corrected chi connectivity index (χ1v) is 11.1. The number of rotatable bonds is 4. The first-order chi connectivity index (χ1) is 14.9. The quantitative estimate of drug-likeness (QED) is 0.393. The number of thiophene rings is 1. The molecule has 1 aromatic carbocycles. The molecule has 0 spiro atoms. The summed E-state index contributed by atoms with van der Waals surface area (Å²) in [4.78, 5) is 15.4. The van der Waals surface area contributed by atoms with E-state index in [9.17, 15) is 0 Å². The molecular formula is C24H20N4OS. The SMILES string of the molecule is c1ccc(-c2nc3sc4c(NCc5ccco5)ncnc4c3c3c2CCCC3)cc1. The molecule has 1 N–H and O–H groups in total. The number of nitrogens with one attached hydrogen (secondary N) is 1. The number of furan rings is 1. The lowest BCUT2D eigenvalue weighted by atomic mass is 9.87. The maximum Gasteiger partial charge on any atom is 0.147 e. The number of aryl methyl sites for hydroxylation is 1. The second-order valence-electron chi connectivity index (χ2n) is 7.61. The molecule has 6 heteroatoms. The van der Waals surface area contributed by atoms with Gasteiger partial charge in [-0.25, -0.2) is 15.0 Å². The van der Waals surface area contributed by atoms with Gasteiger partial charge < -0.3 is 9.73 Å². The molecule has 5 aromatic rings. The number of aromatic nitrogens is 3. The van der Waals surface area contributed by atoms with Gasteiger partial charge in [0.15, 0.2) is 0 Å². The van der Waals surface area contributed by atoms with Gasteiger partial charge in [-0.1, -0.05) is 30.3 Å². The monoisotopic (exact) mass is 412 g/mol. The van der Waals surface area contributed by atoms with Crippen LogP contribution in [-0.2, 0) is 19.4 Å². The van der Waals surface area contributed by atoms with Crippen molar-refractivity contribution < 1.29 is 4.42 Å². The Morgan fingerprint density at radius 2 is 1.83 bits per heavy atom. The number of pyridine rings is 1. The third-order valence-electron chi connectivity index (χ3n) is 5.78. The van der Waals surface area contributed by atoms with E-state index in [4.69, 9.17) is 9.40 Å². The summed E-state index contributed by atoms with van der Waals surface area (Å²) < 4.78 is 6.51. The highest BCUT2D eigenvalue weighted by Crippen LogP contribution is 2.42. The minimum Gasteiger partial charge on any atom is -0.467 e. The van der Waals surface area contributed by atoms with Crippen LogP contribution in [0.15, 0.2) is 59.5 Å². The molecule has 0 bridgehead atoms. The minimum absolute atomic E-state index is 0.591. The Morgan fingerprint density at radius 1 is 0.967 bits per heavy atom. The zero-order valence-electron chi connectivity index (χ0n) is 16.4. The Morgan fingerprint density at radius 3 is 2.67 bits per heavy atom. The maximum absolute atomic E-state index is 5.45. The van der Waals surface area contributed by atoms with Gasteiger partial charge in [0.05, 0.1) is 28.7 Å². The lowest BCUT2D eigenvalue weighted by Crippen LogP contribution is -2.07. The minimum atomic E-state index is 0.591. The van der Waals surface area contributed by atoms with Crippen molar-refractivity contribution >= 4 is 37.6 Å². The van der Waals surface area contributed by atoms with Crippen LogP contribution >= 0.6 is 11.3 Å². The Kier molecular flexibility index (Phi) is 4.23. The van der Waals surface area contributed by atoms with Crippen LogP contribution in [0.1, 0.15) is 29.7 Å². The summed E-state index contributed by atoms with van der Waals surface area (Å²) >= 11 is 1.68. The summed E-state index contributed by atoms with van der Waals surface area (Å²) in [6.07, 6.45) is 7.93. The van der Waals surface area contributed by atoms with Gasteiger partial charge >= 0.3 is 0 Å². The normalized spacial score (nSPS) is 13.6. The van der Waals surface area contributed by atoms with E-state index in [1.54, 1.807) is 23.9 Å². The van der Waals surface area contributed by atoms with Gasteiger partial charge in [0, 0.05) is 10.9 Å². The number of fused-ring (bicyclic) bond motifs is 5. The molecule has 0 saturated carbocycles. The summed E-state index contributed by atoms with van der Waals surface area (Å²) in [7, 11) is 0. The fourth-order valence-corrected chi connectivity index (χ4v) is 5.53. The molecule has 148 valence electrons. The molecule has 1 aliphatic carbocycles. The Labute approximate surface area is 177 Å². The van der Waals surface area contributed by atoms with Crippen molar-refractivity contribution in [2.75, 3.05) is 5.32 Å². The van der Waals surface area contributed by atoms with Gasteiger partial charge in [-0.15, -0.1) is 11.3 Å². The van der Waals surface area contributed by atoms with Crippen LogP contribution in [-0.4, -0.2) is 15.0 Å². The van der Waals surface area contributed by atoms with Crippen LogP contribution in [0.3, 0.4) is 0 Å². The van der Waals surface area contributed by atoms with Gasteiger partial charge in [0.2, 0.25) is 0 Å². The van der Waals surface area contributed by atoms with E-state index < -0.39 is 0 Å². The van der Waals surface area contributed by atoms with Gasteiger partial charge in [-0.3, -0.25) is 0 Å². The largest absolute Gasteiger partial charge is 0.467 e. The predicted molar refractivity (Wildman–Crippen MR) is 121 cm³/mol. The van der Waals surface area contributed by atoms with Crippen molar-refractivity contribution in [3.05, 3.63) is 71.9 Å². The fraction of sp³-hybridized carbons (Fsp3) is 0.208. The lowest BCUT2D eigenvalue weighted by molar-refractivity contribution is 0.518. The highest BCUT2D eigenvalue weighted by Gasteiger charge is 2.23. The molecule has 0 aliphatic heterocycles. The first-order valence-electron chi connectivity index (χ1n) is 10.3. The third kappa shape index (κ3) is 2.87. The number of hydrogen-bond donors (Lipinski definition) is 1. The second-order valence-corrected chi connectivity index (χ2v) is 8.60. The summed E-state index contributed by atoms with van der Waals surface area (Å²) in [5.41, 5.74) is 6.15. The van der Waals surface area contributed by atoms with E-state index in [0.717, 1.165) is 45.2 Å². The average molecular weight is 413 g/mol. The highest BCUT2D eigenvalue weighted by atomic mass is 32.1. The molecule has 0 unspecified atom stereocenters. The molecule has 30 heavy (non-hydrogen) atoms.